The first-order chi connectivity index (χ1) is 18.0. The van der Waals surface area contributed by atoms with Crippen LogP contribution in [0, 0.1) is 6.92 Å². The van der Waals surface area contributed by atoms with Crippen molar-refractivity contribution in [3.63, 3.8) is 0 Å². The second-order valence-electron chi connectivity index (χ2n) is 9.40. The van der Waals surface area contributed by atoms with Crippen LogP contribution in [0.25, 0.3) is 0 Å². The number of hydrogen-bond donors (Lipinski definition) is 1. The van der Waals surface area contributed by atoms with Crippen molar-refractivity contribution in [2.45, 2.75) is 57.6 Å². The van der Waals surface area contributed by atoms with Gasteiger partial charge in [-0.05, 0) is 69.2 Å². The molecule has 2 amide bonds. The first-order valence-corrected chi connectivity index (χ1v) is 14.7. The fourth-order valence-corrected chi connectivity index (χ4v) is 5.75. The summed E-state index contributed by atoms with van der Waals surface area (Å²) in [7, 11) is -4.08. The van der Waals surface area contributed by atoms with E-state index in [2.05, 4.69) is 21.2 Å². The Morgan fingerprint density at radius 3 is 2.08 bits per heavy atom. The summed E-state index contributed by atoms with van der Waals surface area (Å²) >= 11 is 3.38. The monoisotopic (exact) mass is 599 g/mol. The van der Waals surface area contributed by atoms with Crippen LogP contribution in [-0.2, 0) is 26.2 Å². The topological polar surface area (TPSA) is 86.8 Å². The van der Waals surface area contributed by atoms with Crippen LogP contribution in [0.4, 0.5) is 5.69 Å². The third-order valence-corrected chi connectivity index (χ3v) is 8.33. The predicted molar refractivity (Wildman–Crippen MR) is 154 cm³/mol. The molecule has 0 heterocycles. The van der Waals surface area contributed by atoms with E-state index in [1.165, 1.54) is 17.0 Å². The molecule has 0 spiro atoms. The minimum absolute atomic E-state index is 0.0744. The number of halogens is 1. The summed E-state index contributed by atoms with van der Waals surface area (Å²) in [5.74, 6) is -0.747. The van der Waals surface area contributed by atoms with E-state index >= 15 is 0 Å². The van der Waals surface area contributed by atoms with Crippen molar-refractivity contribution in [1.82, 2.24) is 10.2 Å². The lowest BCUT2D eigenvalue weighted by Gasteiger charge is -2.33. The van der Waals surface area contributed by atoms with Gasteiger partial charge < -0.3 is 10.2 Å². The number of aryl methyl sites for hydroxylation is 1. The van der Waals surface area contributed by atoms with Gasteiger partial charge >= 0.3 is 0 Å². The molecule has 0 fully saturated rings. The van der Waals surface area contributed by atoms with E-state index in [9.17, 15) is 18.0 Å². The zero-order chi connectivity index (χ0) is 27.9. The van der Waals surface area contributed by atoms with Gasteiger partial charge in [-0.2, -0.15) is 0 Å². The van der Waals surface area contributed by atoms with E-state index in [0.717, 1.165) is 19.9 Å². The van der Waals surface area contributed by atoms with Crippen LogP contribution in [0.3, 0.4) is 0 Å². The van der Waals surface area contributed by atoms with E-state index in [1.807, 2.05) is 52.0 Å². The van der Waals surface area contributed by atoms with Gasteiger partial charge in [0.05, 0.1) is 10.6 Å². The minimum Gasteiger partial charge on any atom is -0.352 e. The van der Waals surface area contributed by atoms with E-state index in [1.54, 1.807) is 42.5 Å². The molecule has 202 valence electrons. The molecule has 38 heavy (non-hydrogen) atoms. The molecule has 0 saturated carbocycles. The Balaban J connectivity index is 2.04. The summed E-state index contributed by atoms with van der Waals surface area (Å²) in [5.41, 5.74) is 2.27. The molecule has 3 aromatic carbocycles. The second kappa shape index (κ2) is 13.1. The Morgan fingerprint density at radius 2 is 1.53 bits per heavy atom. The van der Waals surface area contributed by atoms with Crippen LogP contribution in [0.2, 0.25) is 0 Å². The first kappa shape index (κ1) is 29.4. The zero-order valence-electron chi connectivity index (χ0n) is 22.1. The van der Waals surface area contributed by atoms with Crippen LogP contribution in [0.5, 0.6) is 0 Å². The van der Waals surface area contributed by atoms with Gasteiger partial charge in [-0.25, -0.2) is 8.42 Å². The smallest absolute Gasteiger partial charge is 0.264 e. The highest BCUT2D eigenvalue weighted by molar-refractivity contribution is 9.10. The average molecular weight is 601 g/mol. The Bertz CT molecular complexity index is 1330. The molecule has 3 aromatic rings. The molecule has 0 aliphatic rings. The lowest BCUT2D eigenvalue weighted by Crippen LogP contribution is -2.53. The lowest BCUT2D eigenvalue weighted by atomic mass is 10.1. The molecule has 0 aliphatic heterocycles. The highest BCUT2D eigenvalue weighted by Crippen LogP contribution is 2.26. The summed E-state index contributed by atoms with van der Waals surface area (Å²) in [6, 6.07) is 21.6. The van der Waals surface area contributed by atoms with Crippen molar-refractivity contribution in [3.05, 3.63) is 94.5 Å². The molecule has 0 radical (unpaired) electrons. The number of carbonyl (C=O) groups is 2. The summed E-state index contributed by atoms with van der Waals surface area (Å²) in [4.78, 5) is 28.7. The fraction of sp³-hybridized carbons (Fsp3) is 0.310. The van der Waals surface area contributed by atoms with Gasteiger partial charge in [0, 0.05) is 17.1 Å². The van der Waals surface area contributed by atoms with Crippen LogP contribution in [0.1, 0.15) is 38.3 Å². The largest absolute Gasteiger partial charge is 0.352 e. The van der Waals surface area contributed by atoms with Crippen LogP contribution >= 0.6 is 15.9 Å². The number of carbonyl (C=O) groups excluding carboxylic acids is 2. The highest BCUT2D eigenvalue weighted by Gasteiger charge is 2.33. The van der Waals surface area contributed by atoms with Gasteiger partial charge in [-0.15, -0.1) is 0 Å². The number of nitrogens with one attached hydrogen (secondary N) is 1. The van der Waals surface area contributed by atoms with Gasteiger partial charge in [0.15, 0.2) is 0 Å². The van der Waals surface area contributed by atoms with Gasteiger partial charge in [-0.3, -0.25) is 13.9 Å². The molecule has 1 atom stereocenters. The maximum absolute atomic E-state index is 14.0. The number of nitrogens with zero attached hydrogens (tertiary/aromatic N) is 2. The van der Waals surface area contributed by atoms with Gasteiger partial charge in [-0.1, -0.05) is 70.9 Å². The zero-order valence-corrected chi connectivity index (χ0v) is 24.5. The first-order valence-electron chi connectivity index (χ1n) is 12.5. The molecule has 7 nitrogen and oxygen atoms in total. The minimum atomic E-state index is -4.08. The number of benzene rings is 3. The van der Waals surface area contributed by atoms with Crippen molar-refractivity contribution < 1.29 is 18.0 Å². The van der Waals surface area contributed by atoms with Crippen LogP contribution in [-0.4, -0.2) is 43.8 Å². The van der Waals surface area contributed by atoms with Crippen LogP contribution in [0.15, 0.2) is 88.2 Å². The van der Waals surface area contributed by atoms with Crippen molar-refractivity contribution in [3.8, 4) is 0 Å². The maximum atomic E-state index is 14.0. The summed E-state index contributed by atoms with van der Waals surface area (Å²) < 4.78 is 29.4. The predicted octanol–water partition coefficient (Wildman–Crippen LogP) is 5.28. The molecule has 3 rings (SSSR count). The Hall–Kier alpha value is -3.17. The van der Waals surface area contributed by atoms with E-state index in [-0.39, 0.29) is 23.4 Å². The van der Waals surface area contributed by atoms with E-state index in [4.69, 9.17) is 0 Å². The number of sulfonamides is 1. The molecule has 0 bridgehead atoms. The van der Waals surface area contributed by atoms with Crippen LogP contribution < -0.4 is 9.62 Å². The maximum Gasteiger partial charge on any atom is 0.264 e. The number of hydrogen-bond acceptors (Lipinski definition) is 4. The third kappa shape index (κ3) is 7.45. The molecule has 0 saturated heterocycles. The van der Waals surface area contributed by atoms with E-state index in [0.29, 0.717) is 12.1 Å². The SMILES string of the molecule is CC[C@@H](C(=O)NC(C)C)N(Cc1ccc(C)cc1)C(=O)CN(c1ccc(Br)cc1)S(=O)(=O)c1ccccc1. The normalized spacial score (nSPS) is 12.2. The van der Waals surface area contributed by atoms with E-state index < -0.39 is 28.5 Å². The van der Waals surface area contributed by atoms with Crippen molar-refractivity contribution in [2.24, 2.45) is 0 Å². The molecular weight excluding hydrogens is 566 g/mol. The van der Waals surface area contributed by atoms with Gasteiger partial charge in [0.1, 0.15) is 12.6 Å². The Kier molecular flexibility index (Phi) is 10.1. The fourth-order valence-electron chi connectivity index (χ4n) is 4.05. The molecular formula is C29H34BrN3O4S. The third-order valence-electron chi connectivity index (χ3n) is 6.02. The van der Waals surface area contributed by atoms with Gasteiger partial charge in [0.25, 0.3) is 10.0 Å². The van der Waals surface area contributed by atoms with Gasteiger partial charge in [0.2, 0.25) is 11.8 Å². The van der Waals surface area contributed by atoms with Crippen molar-refractivity contribution in [2.75, 3.05) is 10.8 Å². The quantitative estimate of drug-likeness (QED) is 0.324. The molecule has 0 unspecified atom stereocenters. The summed E-state index contributed by atoms with van der Waals surface area (Å²) in [5, 5.41) is 2.90. The number of anilines is 1. The molecule has 0 aromatic heterocycles. The Labute approximate surface area is 234 Å². The summed E-state index contributed by atoms with van der Waals surface area (Å²) in [6.45, 7) is 7.24. The standard InChI is InChI=1S/C29H34BrN3O4S/c1-5-27(29(35)31-21(2)3)32(19-23-13-11-22(4)12-14-23)28(34)20-33(25-17-15-24(30)16-18-25)38(36,37)26-9-7-6-8-10-26/h6-18,21,27H,5,19-20H2,1-4H3,(H,31,35)/t27-/m0/s1. The lowest BCUT2D eigenvalue weighted by molar-refractivity contribution is -0.140. The molecule has 1 N–H and O–H groups in total. The number of amides is 2. The second-order valence-corrected chi connectivity index (χ2v) is 12.2. The Morgan fingerprint density at radius 1 is 0.921 bits per heavy atom. The highest BCUT2D eigenvalue weighted by atomic mass is 79.9. The summed E-state index contributed by atoms with van der Waals surface area (Å²) in [6.07, 6.45) is 0.375. The van der Waals surface area contributed by atoms with Crippen molar-refractivity contribution in [1.29, 1.82) is 0 Å². The molecule has 9 heteroatoms. The average Bonchev–Trinajstić information content (AvgIpc) is 2.89. The molecule has 0 aliphatic carbocycles. The van der Waals surface area contributed by atoms with Crippen molar-refractivity contribution >= 4 is 43.5 Å². The number of rotatable bonds is 11.